The Kier molecular flexibility index (Phi) is 9.07. The van der Waals surface area contributed by atoms with Gasteiger partial charge in [-0.25, -0.2) is 0 Å². The van der Waals surface area contributed by atoms with Gasteiger partial charge in [0.1, 0.15) is 0 Å². The van der Waals surface area contributed by atoms with E-state index in [2.05, 4.69) is 13.8 Å². The van der Waals surface area contributed by atoms with Crippen LogP contribution in [0, 0.1) is 5.92 Å². The highest BCUT2D eigenvalue weighted by molar-refractivity contribution is 6.18. The smallest absolute Gasteiger partial charge is 0.0647 e. The van der Waals surface area contributed by atoms with Crippen LogP contribution in [0.25, 0.3) is 0 Å². The van der Waals surface area contributed by atoms with Gasteiger partial charge in [0.15, 0.2) is 0 Å². The molecule has 0 N–H and O–H groups in total. The van der Waals surface area contributed by atoms with Gasteiger partial charge in [-0.05, 0) is 12.3 Å². The first-order chi connectivity index (χ1) is 5.81. The third kappa shape index (κ3) is 8.09. The molecule has 0 saturated heterocycles. The summed E-state index contributed by atoms with van der Waals surface area (Å²) in [5.74, 6) is 1.26. The van der Waals surface area contributed by atoms with Crippen molar-refractivity contribution in [2.75, 3.05) is 19.1 Å². The minimum absolute atomic E-state index is 0.577. The summed E-state index contributed by atoms with van der Waals surface area (Å²) >= 11 is 5.45. The second-order valence-electron chi connectivity index (χ2n) is 3.06. The zero-order valence-corrected chi connectivity index (χ0v) is 8.81. The van der Waals surface area contributed by atoms with Crippen LogP contribution in [0.4, 0.5) is 0 Å². The Bertz CT molecular complexity index is 112. The van der Waals surface area contributed by atoms with Crippen LogP contribution >= 0.6 is 11.6 Å². The number of ether oxygens (including phenoxy) is 1. The second-order valence-corrected chi connectivity index (χ2v) is 3.37. The van der Waals surface area contributed by atoms with Crippen molar-refractivity contribution in [3.05, 3.63) is 12.2 Å². The fraction of sp³-hybridized carbons (Fsp3) is 0.800. The molecular weight excluding hydrogens is 172 g/mol. The van der Waals surface area contributed by atoms with Crippen molar-refractivity contribution in [3.8, 4) is 0 Å². The highest BCUT2D eigenvalue weighted by atomic mass is 35.5. The molecule has 0 heterocycles. The van der Waals surface area contributed by atoms with Gasteiger partial charge in [0.2, 0.25) is 0 Å². The predicted octanol–water partition coefficient (Wildman–Crippen LogP) is 3.23. The van der Waals surface area contributed by atoms with Crippen LogP contribution in [0.1, 0.15) is 26.7 Å². The van der Waals surface area contributed by atoms with Gasteiger partial charge < -0.3 is 4.74 Å². The zero-order chi connectivity index (χ0) is 9.23. The molecule has 0 spiro atoms. The van der Waals surface area contributed by atoms with Crippen molar-refractivity contribution in [1.82, 2.24) is 0 Å². The molecule has 2 heteroatoms. The van der Waals surface area contributed by atoms with Gasteiger partial charge >= 0.3 is 0 Å². The largest absolute Gasteiger partial charge is 0.377 e. The quantitative estimate of drug-likeness (QED) is 0.340. The van der Waals surface area contributed by atoms with Crippen molar-refractivity contribution in [1.29, 1.82) is 0 Å². The van der Waals surface area contributed by atoms with E-state index in [1.54, 1.807) is 0 Å². The van der Waals surface area contributed by atoms with Gasteiger partial charge in [-0.15, -0.1) is 11.6 Å². The Morgan fingerprint density at radius 1 is 1.42 bits per heavy atom. The maximum absolute atomic E-state index is 5.45. The highest BCUT2D eigenvalue weighted by Gasteiger charge is 1.98. The molecule has 0 radical (unpaired) electrons. The summed E-state index contributed by atoms with van der Waals surface area (Å²) in [7, 11) is 0. The van der Waals surface area contributed by atoms with E-state index in [-0.39, 0.29) is 0 Å². The number of rotatable bonds is 7. The van der Waals surface area contributed by atoms with Gasteiger partial charge in [-0.3, -0.25) is 0 Å². The van der Waals surface area contributed by atoms with E-state index in [1.165, 1.54) is 12.8 Å². The predicted molar refractivity (Wildman–Crippen MR) is 54.8 cm³/mol. The van der Waals surface area contributed by atoms with E-state index >= 15 is 0 Å². The molecule has 0 bridgehead atoms. The Hall–Kier alpha value is -0.0100. The van der Waals surface area contributed by atoms with E-state index in [0.29, 0.717) is 18.4 Å². The number of hydrogen-bond acceptors (Lipinski definition) is 1. The molecule has 1 atom stereocenters. The highest BCUT2D eigenvalue weighted by Crippen LogP contribution is 2.04. The van der Waals surface area contributed by atoms with Gasteiger partial charge in [0.05, 0.1) is 6.61 Å². The first-order valence-electron chi connectivity index (χ1n) is 4.60. The molecule has 72 valence electrons. The first-order valence-corrected chi connectivity index (χ1v) is 5.13. The lowest BCUT2D eigenvalue weighted by atomic mass is 10.1. The fourth-order valence-corrected chi connectivity index (χ4v) is 1.17. The van der Waals surface area contributed by atoms with Crippen LogP contribution in [-0.4, -0.2) is 19.1 Å². The Morgan fingerprint density at radius 2 is 2.17 bits per heavy atom. The third-order valence-electron chi connectivity index (χ3n) is 1.65. The van der Waals surface area contributed by atoms with Crippen molar-refractivity contribution >= 4 is 11.6 Å². The van der Waals surface area contributed by atoms with E-state index in [1.807, 2.05) is 12.2 Å². The maximum Gasteiger partial charge on any atom is 0.0647 e. The molecule has 0 aliphatic rings. The molecule has 1 nitrogen and oxygen atoms in total. The van der Waals surface area contributed by atoms with Gasteiger partial charge in [-0.1, -0.05) is 32.4 Å². The lowest BCUT2D eigenvalue weighted by molar-refractivity contribution is 0.125. The molecule has 0 aromatic carbocycles. The fourth-order valence-electron chi connectivity index (χ4n) is 1.04. The summed E-state index contributed by atoms with van der Waals surface area (Å²) in [6.45, 7) is 5.97. The van der Waals surface area contributed by atoms with Crippen LogP contribution in [0.15, 0.2) is 12.2 Å². The molecule has 1 unspecified atom stereocenters. The molecule has 0 fully saturated rings. The summed E-state index contributed by atoms with van der Waals surface area (Å²) in [6.07, 6.45) is 6.36. The number of hydrogen-bond donors (Lipinski definition) is 0. The average molecular weight is 191 g/mol. The number of allylic oxidation sites excluding steroid dienone is 1. The van der Waals surface area contributed by atoms with Crippen LogP contribution in [0.5, 0.6) is 0 Å². The molecular formula is C10H19ClO. The lowest BCUT2D eigenvalue weighted by Crippen LogP contribution is -2.05. The third-order valence-corrected chi connectivity index (χ3v) is 1.83. The zero-order valence-electron chi connectivity index (χ0n) is 8.05. The number of halogens is 1. The molecule has 0 aliphatic carbocycles. The molecule has 0 aromatic rings. The summed E-state index contributed by atoms with van der Waals surface area (Å²) in [5.41, 5.74) is 0. The maximum atomic E-state index is 5.45. The summed E-state index contributed by atoms with van der Waals surface area (Å²) < 4.78 is 5.40. The molecule has 0 aromatic heterocycles. The van der Waals surface area contributed by atoms with Crippen molar-refractivity contribution in [3.63, 3.8) is 0 Å². The number of alkyl halides is 1. The van der Waals surface area contributed by atoms with E-state index in [0.717, 1.165) is 6.61 Å². The monoisotopic (exact) mass is 190 g/mol. The first kappa shape index (κ1) is 12.0. The Labute approximate surface area is 80.8 Å². The van der Waals surface area contributed by atoms with Crippen molar-refractivity contribution in [2.45, 2.75) is 26.7 Å². The SMILES string of the molecule is CCCC(C)COC/C=C/CCl. The van der Waals surface area contributed by atoms with Gasteiger partial charge in [0.25, 0.3) is 0 Å². The molecule has 0 amide bonds. The standard InChI is InChI=1S/C10H19ClO/c1-3-6-10(2)9-12-8-5-4-7-11/h4-5,10H,3,6-9H2,1-2H3/b5-4+. The van der Waals surface area contributed by atoms with Crippen molar-refractivity contribution < 1.29 is 4.74 Å². The molecule has 0 saturated carbocycles. The van der Waals surface area contributed by atoms with E-state index in [4.69, 9.17) is 16.3 Å². The van der Waals surface area contributed by atoms with Crippen LogP contribution in [0.2, 0.25) is 0 Å². The lowest BCUT2D eigenvalue weighted by Gasteiger charge is -2.08. The summed E-state index contributed by atoms with van der Waals surface area (Å²) in [5, 5.41) is 0. The molecule has 0 rings (SSSR count). The minimum Gasteiger partial charge on any atom is -0.377 e. The summed E-state index contributed by atoms with van der Waals surface area (Å²) in [6, 6.07) is 0. The Morgan fingerprint density at radius 3 is 2.75 bits per heavy atom. The van der Waals surface area contributed by atoms with E-state index in [9.17, 15) is 0 Å². The Balaban J connectivity index is 3.13. The van der Waals surface area contributed by atoms with Crippen LogP contribution in [-0.2, 0) is 4.74 Å². The molecule has 0 aliphatic heterocycles. The average Bonchev–Trinajstić information content (AvgIpc) is 2.05. The van der Waals surface area contributed by atoms with Crippen molar-refractivity contribution in [2.24, 2.45) is 5.92 Å². The molecule has 12 heavy (non-hydrogen) atoms. The topological polar surface area (TPSA) is 9.23 Å². The van der Waals surface area contributed by atoms with Crippen LogP contribution < -0.4 is 0 Å². The van der Waals surface area contributed by atoms with E-state index < -0.39 is 0 Å². The minimum atomic E-state index is 0.577. The van der Waals surface area contributed by atoms with Crippen LogP contribution in [0.3, 0.4) is 0 Å². The normalized spacial score (nSPS) is 13.9. The van der Waals surface area contributed by atoms with Gasteiger partial charge in [0, 0.05) is 12.5 Å². The van der Waals surface area contributed by atoms with Gasteiger partial charge in [-0.2, -0.15) is 0 Å². The second kappa shape index (κ2) is 9.08. The summed E-state index contributed by atoms with van der Waals surface area (Å²) in [4.78, 5) is 0.